The van der Waals surface area contributed by atoms with E-state index in [0.717, 1.165) is 0 Å². The summed E-state index contributed by atoms with van der Waals surface area (Å²) in [6.45, 7) is 1.12. The molecule has 0 saturated heterocycles. The van der Waals surface area contributed by atoms with Gasteiger partial charge in [-0.3, -0.25) is 4.79 Å². The van der Waals surface area contributed by atoms with Crippen LogP contribution in [0.15, 0.2) is 53.6 Å². The number of amides is 1. The zero-order valence-electron chi connectivity index (χ0n) is 16.9. The molecule has 0 atom stereocenters. The van der Waals surface area contributed by atoms with Gasteiger partial charge in [0.15, 0.2) is 5.82 Å². The lowest BCUT2D eigenvalue weighted by molar-refractivity contribution is 0.0959. The fraction of sp³-hybridized carbons (Fsp3) is 0.150. The second-order valence-electron chi connectivity index (χ2n) is 6.75. The summed E-state index contributed by atoms with van der Waals surface area (Å²) >= 11 is 6.26. The van der Waals surface area contributed by atoms with E-state index in [1.165, 1.54) is 19.3 Å². The molecule has 1 aliphatic rings. The topological polar surface area (TPSA) is 137 Å². The summed E-state index contributed by atoms with van der Waals surface area (Å²) in [7, 11) is -2.37. The molecule has 4 rings (SSSR count). The molecule has 0 saturated carbocycles. The van der Waals surface area contributed by atoms with E-state index in [4.69, 9.17) is 11.6 Å². The number of hydrogen-bond acceptors (Lipinski definition) is 8. The number of nitrogens with one attached hydrogen (secondary N) is 5. The van der Waals surface area contributed by atoms with E-state index in [1.807, 2.05) is 6.07 Å². The van der Waals surface area contributed by atoms with E-state index in [1.54, 1.807) is 30.3 Å². The molecule has 1 amide bonds. The smallest absolute Gasteiger partial charge is 0.255 e. The molecule has 0 bridgehead atoms. The summed E-state index contributed by atoms with van der Waals surface area (Å²) in [5, 5.41) is 12.2. The molecule has 10 nitrogen and oxygen atoms in total. The third-order valence-corrected chi connectivity index (χ3v) is 6.46. The van der Waals surface area contributed by atoms with Gasteiger partial charge in [-0.1, -0.05) is 29.8 Å². The number of para-hydroxylation sites is 1. The quantitative estimate of drug-likeness (QED) is 0.368. The maximum atomic E-state index is 12.5. The molecule has 1 aromatic heterocycles. The molecule has 0 spiro atoms. The Morgan fingerprint density at radius 3 is 2.56 bits per heavy atom. The van der Waals surface area contributed by atoms with Crippen molar-refractivity contribution in [3.8, 4) is 0 Å². The van der Waals surface area contributed by atoms with Gasteiger partial charge >= 0.3 is 0 Å². The van der Waals surface area contributed by atoms with Crippen molar-refractivity contribution in [2.45, 2.75) is 4.90 Å². The molecular formula is C20H20ClN7O3S. The van der Waals surface area contributed by atoms with Gasteiger partial charge in [0.25, 0.3) is 5.91 Å². The van der Waals surface area contributed by atoms with Crippen molar-refractivity contribution >= 4 is 56.4 Å². The van der Waals surface area contributed by atoms with Gasteiger partial charge in [-0.25, -0.2) is 18.1 Å². The van der Waals surface area contributed by atoms with Gasteiger partial charge < -0.3 is 21.3 Å². The van der Waals surface area contributed by atoms with Crippen LogP contribution in [0.4, 0.5) is 28.8 Å². The maximum absolute atomic E-state index is 12.5. The van der Waals surface area contributed by atoms with Crippen molar-refractivity contribution in [3.63, 3.8) is 0 Å². The van der Waals surface area contributed by atoms with Crippen LogP contribution in [-0.4, -0.2) is 44.4 Å². The number of aromatic nitrogens is 2. The minimum atomic E-state index is -3.71. The first-order valence-corrected chi connectivity index (χ1v) is 11.5. The zero-order chi connectivity index (χ0) is 22.7. The molecule has 166 valence electrons. The van der Waals surface area contributed by atoms with E-state index in [0.29, 0.717) is 35.7 Å². The Morgan fingerprint density at radius 1 is 1.00 bits per heavy atom. The number of benzene rings is 2. The summed E-state index contributed by atoms with van der Waals surface area (Å²) in [6.07, 6.45) is 1.38. The molecule has 0 aliphatic carbocycles. The number of hydrogen-bond donors (Lipinski definition) is 5. The number of sulfonamides is 1. The molecule has 5 N–H and O–H groups in total. The van der Waals surface area contributed by atoms with Gasteiger partial charge in [0, 0.05) is 18.8 Å². The van der Waals surface area contributed by atoms with E-state index >= 15 is 0 Å². The maximum Gasteiger partial charge on any atom is 0.255 e. The molecule has 2 heterocycles. The van der Waals surface area contributed by atoms with E-state index in [-0.39, 0.29) is 27.6 Å². The normalized spacial score (nSPS) is 13.4. The molecule has 0 unspecified atom stereocenters. The summed E-state index contributed by atoms with van der Waals surface area (Å²) in [5.41, 5.74) is 1.96. The Morgan fingerprint density at radius 2 is 1.75 bits per heavy atom. The number of nitrogens with zero attached hydrogens (tertiary/aromatic N) is 2. The highest BCUT2D eigenvalue weighted by molar-refractivity contribution is 7.89. The molecule has 0 radical (unpaired) electrons. The highest BCUT2D eigenvalue weighted by Crippen LogP contribution is 2.31. The van der Waals surface area contributed by atoms with Crippen LogP contribution in [0.1, 0.15) is 10.4 Å². The van der Waals surface area contributed by atoms with Gasteiger partial charge in [-0.05, 0) is 31.3 Å². The van der Waals surface area contributed by atoms with Crippen molar-refractivity contribution in [2.24, 2.45) is 0 Å². The van der Waals surface area contributed by atoms with Gasteiger partial charge in [-0.15, -0.1) is 0 Å². The van der Waals surface area contributed by atoms with E-state index in [9.17, 15) is 13.2 Å². The predicted molar refractivity (Wildman–Crippen MR) is 124 cm³/mol. The number of carbonyl (C=O) groups excluding carboxylic acids is 1. The molecule has 3 aromatic rings. The molecule has 1 aliphatic heterocycles. The molecular weight excluding hydrogens is 454 g/mol. The molecule has 2 aromatic carbocycles. The van der Waals surface area contributed by atoms with Gasteiger partial charge in [0.1, 0.15) is 9.92 Å². The SMILES string of the molecule is CNS(=O)(=O)c1ccccc1Nc1nc(Nc2cccc3c2C(=O)NCCN3)ncc1Cl. The van der Waals surface area contributed by atoms with Crippen LogP contribution in [0.25, 0.3) is 0 Å². The Kier molecular flexibility index (Phi) is 6.12. The van der Waals surface area contributed by atoms with E-state index in [2.05, 4.69) is 36.0 Å². The lowest BCUT2D eigenvalue weighted by Gasteiger charge is -2.15. The van der Waals surface area contributed by atoms with Crippen LogP contribution < -0.4 is 26.0 Å². The Labute approximate surface area is 189 Å². The van der Waals surface area contributed by atoms with Crippen LogP contribution in [0.5, 0.6) is 0 Å². The van der Waals surface area contributed by atoms with Gasteiger partial charge in [-0.2, -0.15) is 4.98 Å². The predicted octanol–water partition coefficient (Wildman–Crippen LogP) is 2.68. The third-order valence-electron chi connectivity index (χ3n) is 4.71. The Bertz CT molecular complexity index is 1280. The highest BCUT2D eigenvalue weighted by Gasteiger charge is 2.20. The minimum absolute atomic E-state index is 0.0443. The van der Waals surface area contributed by atoms with Gasteiger partial charge in [0.05, 0.1) is 23.1 Å². The summed E-state index contributed by atoms with van der Waals surface area (Å²) < 4.78 is 26.9. The first-order valence-electron chi connectivity index (χ1n) is 9.63. The van der Waals surface area contributed by atoms with Crippen molar-refractivity contribution in [3.05, 3.63) is 59.2 Å². The fourth-order valence-electron chi connectivity index (χ4n) is 3.19. The standard InChI is InChI=1S/C20H20ClN7O3S/c1-22-32(30,31)16-8-3-2-5-13(16)26-18-12(21)11-25-20(28-18)27-15-7-4-6-14-17(15)19(29)24-10-9-23-14/h2-8,11,22-23H,9-10H2,1H3,(H,24,29)(H2,25,26,27,28). The Balaban J connectivity index is 1.67. The first-order chi connectivity index (χ1) is 15.4. The molecule has 32 heavy (non-hydrogen) atoms. The number of halogens is 1. The van der Waals surface area contributed by atoms with Gasteiger partial charge in [0.2, 0.25) is 16.0 Å². The summed E-state index contributed by atoms with van der Waals surface area (Å²) in [4.78, 5) is 21.1. The van der Waals surface area contributed by atoms with Crippen molar-refractivity contribution in [1.29, 1.82) is 0 Å². The minimum Gasteiger partial charge on any atom is -0.383 e. The third kappa shape index (κ3) is 4.44. The lowest BCUT2D eigenvalue weighted by atomic mass is 10.1. The second kappa shape index (κ2) is 8.99. The molecule has 12 heteroatoms. The molecule has 0 fully saturated rings. The summed E-state index contributed by atoms with van der Waals surface area (Å²) in [5.74, 6) is 0.162. The lowest BCUT2D eigenvalue weighted by Crippen LogP contribution is -2.25. The van der Waals surface area contributed by atoms with Crippen LogP contribution in [0, 0.1) is 0 Å². The Hall–Kier alpha value is -3.41. The number of fused-ring (bicyclic) bond motifs is 1. The highest BCUT2D eigenvalue weighted by atomic mass is 35.5. The second-order valence-corrected chi connectivity index (χ2v) is 9.02. The van der Waals surface area contributed by atoms with Crippen LogP contribution in [0.3, 0.4) is 0 Å². The van der Waals surface area contributed by atoms with Crippen molar-refractivity contribution < 1.29 is 13.2 Å². The largest absolute Gasteiger partial charge is 0.383 e. The number of carbonyl (C=O) groups is 1. The fourth-order valence-corrected chi connectivity index (χ4v) is 4.21. The average molecular weight is 474 g/mol. The number of anilines is 5. The van der Waals surface area contributed by atoms with Crippen molar-refractivity contribution in [2.75, 3.05) is 36.1 Å². The monoisotopic (exact) mass is 473 g/mol. The first kappa shape index (κ1) is 21.8. The average Bonchev–Trinajstić information content (AvgIpc) is 2.98. The van der Waals surface area contributed by atoms with Crippen LogP contribution in [0.2, 0.25) is 5.02 Å². The van der Waals surface area contributed by atoms with E-state index < -0.39 is 10.0 Å². The van der Waals surface area contributed by atoms with Crippen LogP contribution >= 0.6 is 11.6 Å². The van der Waals surface area contributed by atoms with Crippen molar-refractivity contribution in [1.82, 2.24) is 20.0 Å². The summed E-state index contributed by atoms with van der Waals surface area (Å²) in [6, 6.07) is 11.7. The van der Waals surface area contributed by atoms with Crippen LogP contribution in [-0.2, 0) is 10.0 Å². The zero-order valence-corrected chi connectivity index (χ0v) is 18.5. The number of rotatable bonds is 6.